The van der Waals surface area contributed by atoms with Gasteiger partial charge in [0.15, 0.2) is 0 Å². The topological polar surface area (TPSA) is 41.5 Å². The Hall–Kier alpha value is -2.10. The third kappa shape index (κ3) is 2.36. The maximum absolute atomic E-state index is 12.3. The molecule has 1 amide bonds. The molecular weight excluding hydrogens is 343 g/mol. The third-order valence-electron chi connectivity index (χ3n) is 4.43. The molecule has 0 aromatic heterocycles. The molecule has 2 heterocycles. The van der Waals surface area contributed by atoms with Gasteiger partial charge in [0.2, 0.25) is 5.91 Å². The van der Waals surface area contributed by atoms with Crippen LogP contribution in [0.5, 0.6) is 0 Å². The summed E-state index contributed by atoms with van der Waals surface area (Å²) in [6.45, 7) is 2.32. The Labute approximate surface area is 150 Å². The number of carbonyl (C=O) groups is 1. The van der Waals surface area contributed by atoms with Gasteiger partial charge in [-0.05, 0) is 36.3 Å². The summed E-state index contributed by atoms with van der Waals surface area (Å²) in [4.78, 5) is 17.0. The van der Waals surface area contributed by atoms with Crippen molar-refractivity contribution < 1.29 is 4.79 Å². The number of amides is 1. The number of hydrogen-bond acceptors (Lipinski definition) is 2. The largest absolute Gasteiger partial charge is 0.346 e. The molecular formula is C19H14Cl2N2O. The Morgan fingerprint density at radius 3 is 2.67 bits per heavy atom. The molecule has 0 saturated heterocycles. The van der Waals surface area contributed by atoms with E-state index in [1.165, 1.54) is 0 Å². The van der Waals surface area contributed by atoms with Crippen molar-refractivity contribution in [2.24, 2.45) is 4.99 Å². The number of halogens is 2. The van der Waals surface area contributed by atoms with Gasteiger partial charge in [-0.25, -0.2) is 0 Å². The highest BCUT2D eigenvalue weighted by molar-refractivity contribution is 6.36. The van der Waals surface area contributed by atoms with Crippen LogP contribution in [0.4, 0.5) is 0 Å². The standard InChI is InChI=1S/C19H14Cl2N2O/c1-10-17-12-7-6-11(20)8-14(12)18(13-4-2-3-5-16(13)21)22-9-15(17)19(24)23-10/h2-8,10H,9H2,1H3,(H,23,24). The molecule has 5 heteroatoms. The number of carbonyl (C=O) groups excluding carboxylic acids is 1. The lowest BCUT2D eigenvalue weighted by Crippen LogP contribution is -2.26. The Kier molecular flexibility index (Phi) is 3.70. The van der Waals surface area contributed by atoms with E-state index in [4.69, 9.17) is 28.2 Å². The summed E-state index contributed by atoms with van der Waals surface area (Å²) in [6, 6.07) is 13.2. The van der Waals surface area contributed by atoms with E-state index in [1.807, 2.05) is 49.4 Å². The number of aliphatic imine (C=N–C) groups is 1. The van der Waals surface area contributed by atoms with Crippen molar-refractivity contribution in [3.05, 3.63) is 74.8 Å². The summed E-state index contributed by atoms with van der Waals surface area (Å²) >= 11 is 12.6. The molecule has 3 nitrogen and oxygen atoms in total. The van der Waals surface area contributed by atoms with Crippen LogP contribution in [0.1, 0.15) is 23.6 Å². The van der Waals surface area contributed by atoms with Gasteiger partial charge >= 0.3 is 0 Å². The molecule has 1 N–H and O–H groups in total. The number of rotatable bonds is 1. The van der Waals surface area contributed by atoms with Crippen molar-refractivity contribution in [1.82, 2.24) is 5.32 Å². The molecule has 0 bridgehead atoms. The first-order chi connectivity index (χ1) is 11.6. The predicted octanol–water partition coefficient (Wildman–Crippen LogP) is 4.12. The molecule has 0 aliphatic carbocycles. The van der Waals surface area contributed by atoms with Crippen LogP contribution in [0.2, 0.25) is 10.0 Å². The van der Waals surface area contributed by atoms with Gasteiger partial charge in [0, 0.05) is 26.7 Å². The third-order valence-corrected chi connectivity index (χ3v) is 5.00. The minimum absolute atomic E-state index is 0.0479. The van der Waals surface area contributed by atoms with Gasteiger partial charge in [0.1, 0.15) is 0 Å². The van der Waals surface area contributed by atoms with Crippen LogP contribution < -0.4 is 5.32 Å². The van der Waals surface area contributed by atoms with Crippen LogP contribution in [0.15, 0.2) is 53.0 Å². The summed E-state index contributed by atoms with van der Waals surface area (Å²) in [5.74, 6) is -0.0532. The monoisotopic (exact) mass is 356 g/mol. The minimum atomic E-state index is -0.0532. The quantitative estimate of drug-likeness (QED) is 0.820. The number of benzene rings is 2. The van der Waals surface area contributed by atoms with E-state index in [0.717, 1.165) is 28.0 Å². The SMILES string of the molecule is CC1NC(=O)C2=C1c1ccc(Cl)cc1C(c1ccccc1Cl)=NC2. The van der Waals surface area contributed by atoms with Gasteiger partial charge in [-0.3, -0.25) is 9.79 Å². The van der Waals surface area contributed by atoms with Crippen LogP contribution in [0.25, 0.3) is 5.57 Å². The Balaban J connectivity index is 1.99. The van der Waals surface area contributed by atoms with E-state index in [-0.39, 0.29) is 11.9 Å². The van der Waals surface area contributed by atoms with Gasteiger partial charge in [-0.2, -0.15) is 0 Å². The van der Waals surface area contributed by atoms with E-state index >= 15 is 0 Å². The average molecular weight is 357 g/mol. The number of nitrogens with one attached hydrogen (secondary N) is 1. The molecule has 0 radical (unpaired) electrons. The molecule has 0 fully saturated rings. The van der Waals surface area contributed by atoms with E-state index in [2.05, 4.69) is 5.32 Å². The highest BCUT2D eigenvalue weighted by Crippen LogP contribution is 2.36. The van der Waals surface area contributed by atoms with Crippen LogP contribution in [0.3, 0.4) is 0 Å². The van der Waals surface area contributed by atoms with Gasteiger partial charge in [0.25, 0.3) is 0 Å². The van der Waals surface area contributed by atoms with Crippen LogP contribution in [-0.2, 0) is 4.79 Å². The van der Waals surface area contributed by atoms with Crippen molar-refractivity contribution >= 4 is 40.4 Å². The molecule has 0 saturated carbocycles. The maximum atomic E-state index is 12.3. The molecule has 4 rings (SSSR count). The Bertz CT molecular complexity index is 931. The number of nitrogens with zero attached hydrogens (tertiary/aromatic N) is 1. The Morgan fingerprint density at radius 1 is 1.08 bits per heavy atom. The molecule has 120 valence electrons. The second kappa shape index (κ2) is 5.76. The smallest absolute Gasteiger partial charge is 0.249 e. The van der Waals surface area contributed by atoms with Crippen molar-refractivity contribution in [2.45, 2.75) is 13.0 Å². The highest BCUT2D eigenvalue weighted by atomic mass is 35.5. The van der Waals surface area contributed by atoms with Gasteiger partial charge in [0.05, 0.1) is 18.3 Å². The van der Waals surface area contributed by atoms with E-state index in [1.54, 1.807) is 0 Å². The molecule has 2 aliphatic rings. The van der Waals surface area contributed by atoms with Crippen molar-refractivity contribution in [3.63, 3.8) is 0 Å². The maximum Gasteiger partial charge on any atom is 0.249 e. The highest BCUT2D eigenvalue weighted by Gasteiger charge is 2.33. The van der Waals surface area contributed by atoms with Crippen molar-refractivity contribution in [2.75, 3.05) is 6.54 Å². The van der Waals surface area contributed by atoms with E-state index in [9.17, 15) is 4.79 Å². The first kappa shape index (κ1) is 15.4. The molecule has 2 aromatic rings. The molecule has 1 unspecified atom stereocenters. The second-order valence-corrected chi connectivity index (χ2v) is 6.77. The number of fused-ring (bicyclic) bond motifs is 2. The molecule has 1 atom stereocenters. The fourth-order valence-corrected chi connectivity index (χ4v) is 3.76. The van der Waals surface area contributed by atoms with Crippen molar-refractivity contribution in [1.29, 1.82) is 0 Å². The van der Waals surface area contributed by atoms with Crippen LogP contribution in [-0.4, -0.2) is 24.2 Å². The molecule has 2 aliphatic heterocycles. The van der Waals surface area contributed by atoms with Crippen LogP contribution in [0, 0.1) is 0 Å². The lowest BCUT2D eigenvalue weighted by atomic mass is 9.90. The minimum Gasteiger partial charge on any atom is -0.346 e. The van der Waals surface area contributed by atoms with Gasteiger partial charge in [-0.15, -0.1) is 0 Å². The Morgan fingerprint density at radius 2 is 1.88 bits per heavy atom. The van der Waals surface area contributed by atoms with Gasteiger partial charge in [-0.1, -0.05) is 47.5 Å². The fourth-order valence-electron chi connectivity index (χ4n) is 3.37. The van der Waals surface area contributed by atoms with Crippen LogP contribution >= 0.6 is 23.2 Å². The van der Waals surface area contributed by atoms with Crippen molar-refractivity contribution in [3.8, 4) is 0 Å². The molecule has 2 aromatic carbocycles. The average Bonchev–Trinajstić information content (AvgIpc) is 2.74. The lowest BCUT2D eigenvalue weighted by molar-refractivity contribution is -0.117. The number of hydrogen-bond donors (Lipinski definition) is 1. The van der Waals surface area contributed by atoms with E-state index in [0.29, 0.717) is 22.2 Å². The summed E-state index contributed by atoms with van der Waals surface area (Å²) in [6.07, 6.45) is 0. The second-order valence-electron chi connectivity index (χ2n) is 5.92. The fraction of sp³-hybridized carbons (Fsp3) is 0.158. The zero-order valence-electron chi connectivity index (χ0n) is 12.9. The lowest BCUT2D eigenvalue weighted by Gasteiger charge is -2.16. The predicted molar refractivity (Wildman–Crippen MR) is 97.9 cm³/mol. The first-order valence-corrected chi connectivity index (χ1v) is 8.45. The van der Waals surface area contributed by atoms with E-state index < -0.39 is 0 Å². The summed E-state index contributed by atoms with van der Waals surface area (Å²) in [5.41, 5.74) is 5.22. The summed E-state index contributed by atoms with van der Waals surface area (Å²) < 4.78 is 0. The zero-order chi connectivity index (χ0) is 16.8. The molecule has 24 heavy (non-hydrogen) atoms. The van der Waals surface area contributed by atoms with Gasteiger partial charge < -0.3 is 5.32 Å². The summed E-state index contributed by atoms with van der Waals surface area (Å²) in [5, 5.41) is 4.22. The summed E-state index contributed by atoms with van der Waals surface area (Å²) in [7, 11) is 0. The molecule has 0 spiro atoms. The normalized spacial score (nSPS) is 19.4. The zero-order valence-corrected chi connectivity index (χ0v) is 14.4. The first-order valence-electron chi connectivity index (χ1n) is 7.70.